The highest BCUT2D eigenvalue weighted by molar-refractivity contribution is 9.11. The highest BCUT2D eigenvalue weighted by atomic mass is 79.9. The zero-order valence-electron chi connectivity index (χ0n) is 13.2. The zero-order valence-corrected chi connectivity index (χ0v) is 17.2. The maximum Gasteiger partial charge on any atom is 0.222 e. The number of benzene rings is 1. The molecule has 0 aromatic heterocycles. The monoisotopic (exact) mass is 468 g/mol. The number of hydrogen-bond donors (Lipinski definition) is 1. The summed E-state index contributed by atoms with van der Waals surface area (Å²) >= 11 is 7.09. The van der Waals surface area contributed by atoms with Crippen molar-refractivity contribution >= 4 is 50.2 Å². The second-order valence-electron chi connectivity index (χ2n) is 5.34. The fourth-order valence-electron chi connectivity index (χ4n) is 2.56. The van der Waals surface area contributed by atoms with Crippen LogP contribution in [0.5, 0.6) is 5.75 Å². The van der Waals surface area contributed by atoms with Crippen LogP contribution in [0, 0.1) is 0 Å². The van der Waals surface area contributed by atoms with E-state index in [9.17, 15) is 4.79 Å². The molecule has 0 bridgehead atoms. The Labute approximate surface area is 161 Å². The maximum absolute atomic E-state index is 11.5. The summed E-state index contributed by atoms with van der Waals surface area (Å²) in [6.07, 6.45) is 2.73. The summed E-state index contributed by atoms with van der Waals surface area (Å²) in [4.78, 5) is 13.5. The Morgan fingerprint density at radius 3 is 2.57 bits per heavy atom. The standard InChI is InChI=1S/C16H22Br2N2O2.ClH/c1-2-22-16-13(17)9-12(10-14(16)18)11-19-6-4-8-20-7-3-5-15(20)21;/h9-10,19H,2-8,11H2,1H3;1H. The van der Waals surface area contributed by atoms with Crippen LogP contribution in [0.1, 0.15) is 31.7 Å². The molecule has 1 aliphatic rings. The first kappa shape index (κ1) is 20.7. The smallest absolute Gasteiger partial charge is 0.222 e. The van der Waals surface area contributed by atoms with Gasteiger partial charge in [0.25, 0.3) is 0 Å². The van der Waals surface area contributed by atoms with Crippen molar-refractivity contribution in [3.05, 3.63) is 26.6 Å². The summed E-state index contributed by atoms with van der Waals surface area (Å²) in [5.74, 6) is 1.15. The minimum absolute atomic E-state index is 0. The molecular weight excluding hydrogens is 447 g/mol. The van der Waals surface area contributed by atoms with E-state index >= 15 is 0 Å². The van der Waals surface area contributed by atoms with Gasteiger partial charge in [0.1, 0.15) is 5.75 Å². The summed E-state index contributed by atoms with van der Waals surface area (Å²) in [5.41, 5.74) is 1.19. The van der Waals surface area contributed by atoms with Crippen LogP contribution in [0.2, 0.25) is 0 Å². The molecule has 0 unspecified atom stereocenters. The summed E-state index contributed by atoms with van der Waals surface area (Å²) in [7, 11) is 0. The predicted molar refractivity (Wildman–Crippen MR) is 102 cm³/mol. The van der Waals surface area contributed by atoms with Gasteiger partial charge in [-0.05, 0) is 75.9 Å². The topological polar surface area (TPSA) is 41.6 Å². The highest BCUT2D eigenvalue weighted by Gasteiger charge is 2.18. The fourth-order valence-corrected chi connectivity index (χ4v) is 4.07. The van der Waals surface area contributed by atoms with Crippen LogP contribution in [0.3, 0.4) is 0 Å². The van der Waals surface area contributed by atoms with Crippen LogP contribution < -0.4 is 10.1 Å². The van der Waals surface area contributed by atoms with Gasteiger partial charge in [-0.1, -0.05) is 0 Å². The van der Waals surface area contributed by atoms with Gasteiger partial charge in [0.15, 0.2) is 0 Å². The predicted octanol–water partition coefficient (Wildman–Crippen LogP) is 4.13. The van der Waals surface area contributed by atoms with Gasteiger partial charge >= 0.3 is 0 Å². The number of amides is 1. The molecule has 0 atom stereocenters. The number of carbonyl (C=O) groups is 1. The molecule has 1 aliphatic heterocycles. The molecule has 2 rings (SSSR count). The largest absolute Gasteiger partial charge is 0.492 e. The van der Waals surface area contributed by atoms with Crippen LogP contribution in [0.25, 0.3) is 0 Å². The van der Waals surface area contributed by atoms with Crippen molar-refractivity contribution in [1.29, 1.82) is 0 Å². The third kappa shape index (κ3) is 6.25. The second kappa shape index (κ2) is 10.5. The summed E-state index contributed by atoms with van der Waals surface area (Å²) in [6.45, 7) is 6.12. The van der Waals surface area contributed by atoms with E-state index in [0.717, 1.165) is 60.1 Å². The lowest BCUT2D eigenvalue weighted by Gasteiger charge is -2.15. The average molecular weight is 471 g/mol. The summed E-state index contributed by atoms with van der Waals surface area (Å²) in [5, 5.41) is 3.43. The Kier molecular flexibility index (Phi) is 9.51. The second-order valence-corrected chi connectivity index (χ2v) is 7.04. The van der Waals surface area contributed by atoms with Crippen molar-refractivity contribution < 1.29 is 9.53 Å². The van der Waals surface area contributed by atoms with Crippen LogP contribution in [-0.2, 0) is 11.3 Å². The lowest BCUT2D eigenvalue weighted by atomic mass is 10.2. The summed E-state index contributed by atoms with van der Waals surface area (Å²) in [6, 6.07) is 4.15. The number of carbonyl (C=O) groups excluding carboxylic acids is 1. The third-order valence-corrected chi connectivity index (χ3v) is 4.81. The van der Waals surface area contributed by atoms with Crippen molar-refractivity contribution in [2.45, 2.75) is 32.7 Å². The minimum Gasteiger partial charge on any atom is -0.492 e. The molecule has 1 aromatic rings. The van der Waals surface area contributed by atoms with Crippen molar-refractivity contribution in [3.63, 3.8) is 0 Å². The zero-order chi connectivity index (χ0) is 15.9. The Morgan fingerprint density at radius 1 is 1.30 bits per heavy atom. The number of halogens is 3. The van der Waals surface area contributed by atoms with Crippen LogP contribution in [0.15, 0.2) is 21.1 Å². The van der Waals surface area contributed by atoms with E-state index in [2.05, 4.69) is 49.3 Å². The molecule has 1 saturated heterocycles. The molecule has 1 heterocycles. The molecule has 23 heavy (non-hydrogen) atoms. The molecule has 0 radical (unpaired) electrons. The molecule has 0 saturated carbocycles. The molecule has 4 nitrogen and oxygen atoms in total. The first-order valence-electron chi connectivity index (χ1n) is 7.71. The fraction of sp³-hybridized carbons (Fsp3) is 0.562. The van der Waals surface area contributed by atoms with Crippen LogP contribution in [0.4, 0.5) is 0 Å². The first-order chi connectivity index (χ1) is 10.6. The van der Waals surface area contributed by atoms with Crippen molar-refractivity contribution in [2.75, 3.05) is 26.2 Å². The molecule has 1 amide bonds. The minimum atomic E-state index is 0. The van der Waals surface area contributed by atoms with E-state index in [0.29, 0.717) is 12.5 Å². The Bertz CT molecular complexity index is 506. The van der Waals surface area contributed by atoms with Gasteiger partial charge in [0.05, 0.1) is 15.6 Å². The van der Waals surface area contributed by atoms with Gasteiger partial charge in [-0.25, -0.2) is 0 Å². The van der Waals surface area contributed by atoms with Crippen molar-refractivity contribution in [1.82, 2.24) is 10.2 Å². The lowest BCUT2D eigenvalue weighted by molar-refractivity contribution is -0.127. The molecule has 1 fully saturated rings. The van der Waals surface area contributed by atoms with Gasteiger partial charge in [-0.2, -0.15) is 0 Å². The van der Waals surface area contributed by atoms with E-state index in [1.165, 1.54) is 5.56 Å². The van der Waals surface area contributed by atoms with Crippen LogP contribution in [-0.4, -0.2) is 37.0 Å². The number of hydrogen-bond acceptors (Lipinski definition) is 3. The van der Waals surface area contributed by atoms with E-state index in [4.69, 9.17) is 4.74 Å². The third-order valence-electron chi connectivity index (χ3n) is 3.63. The van der Waals surface area contributed by atoms with Gasteiger partial charge in [0.2, 0.25) is 5.91 Å². The molecule has 130 valence electrons. The lowest BCUT2D eigenvalue weighted by Crippen LogP contribution is -2.28. The number of nitrogens with zero attached hydrogens (tertiary/aromatic N) is 1. The first-order valence-corrected chi connectivity index (χ1v) is 9.29. The molecule has 0 spiro atoms. The van der Waals surface area contributed by atoms with Crippen molar-refractivity contribution in [3.8, 4) is 5.75 Å². The van der Waals surface area contributed by atoms with E-state index in [1.54, 1.807) is 0 Å². The molecule has 0 aliphatic carbocycles. The quantitative estimate of drug-likeness (QED) is 0.581. The molecule has 1 N–H and O–H groups in total. The van der Waals surface area contributed by atoms with Crippen molar-refractivity contribution in [2.24, 2.45) is 0 Å². The molecular formula is C16H23Br2ClN2O2. The Morgan fingerprint density at radius 2 is 2.00 bits per heavy atom. The molecule has 7 heteroatoms. The van der Waals surface area contributed by atoms with Gasteiger partial charge < -0.3 is 15.0 Å². The van der Waals surface area contributed by atoms with E-state index < -0.39 is 0 Å². The normalized spacial score (nSPS) is 14.0. The average Bonchev–Trinajstić information content (AvgIpc) is 2.88. The van der Waals surface area contributed by atoms with Gasteiger partial charge in [-0.15, -0.1) is 12.4 Å². The SMILES string of the molecule is CCOc1c(Br)cc(CNCCCN2CCCC2=O)cc1Br.Cl. The van der Waals surface area contributed by atoms with Gasteiger partial charge in [-0.3, -0.25) is 4.79 Å². The number of ether oxygens (including phenoxy) is 1. The van der Waals surface area contributed by atoms with Gasteiger partial charge in [0, 0.05) is 26.1 Å². The number of rotatable bonds is 8. The Balaban J connectivity index is 0.00000264. The van der Waals surface area contributed by atoms with E-state index in [-0.39, 0.29) is 12.4 Å². The molecule has 1 aromatic carbocycles. The van der Waals surface area contributed by atoms with E-state index in [1.807, 2.05) is 11.8 Å². The van der Waals surface area contributed by atoms with Crippen LogP contribution >= 0.6 is 44.3 Å². The highest BCUT2D eigenvalue weighted by Crippen LogP contribution is 2.34. The Hall–Kier alpha value is -0.300. The maximum atomic E-state index is 11.5. The number of likely N-dealkylation sites (tertiary alicyclic amines) is 1. The summed E-state index contributed by atoms with van der Waals surface area (Å²) < 4.78 is 7.50. The number of nitrogens with one attached hydrogen (secondary N) is 1.